The number of carbonyl (C=O) groups is 1. The first kappa shape index (κ1) is 24.6. The molecule has 1 aliphatic heterocycles. The Morgan fingerprint density at radius 3 is 2.48 bits per heavy atom. The number of nitrogens with zero attached hydrogens (tertiary/aromatic N) is 1. The topological polar surface area (TPSA) is 77.5 Å². The zero-order valence-electron chi connectivity index (χ0n) is 19.5. The zero-order chi connectivity index (χ0) is 24.0. The van der Waals surface area contributed by atoms with Gasteiger partial charge in [-0.2, -0.15) is 0 Å². The monoisotopic (exact) mass is 461 g/mol. The van der Waals surface area contributed by atoms with E-state index in [0.29, 0.717) is 50.0 Å². The van der Waals surface area contributed by atoms with Crippen LogP contribution in [-0.4, -0.2) is 62.7 Å². The maximum Gasteiger partial charge on any atom is 0.409 e. The first-order chi connectivity index (χ1) is 15.8. The van der Waals surface area contributed by atoms with E-state index in [0.717, 1.165) is 5.56 Å². The van der Waals surface area contributed by atoms with E-state index in [-0.39, 0.29) is 11.7 Å². The van der Waals surface area contributed by atoms with Crippen molar-refractivity contribution in [3.8, 4) is 17.2 Å². The van der Waals surface area contributed by atoms with Crippen molar-refractivity contribution in [2.45, 2.75) is 32.3 Å². The van der Waals surface area contributed by atoms with E-state index < -0.39 is 17.6 Å². The van der Waals surface area contributed by atoms with Crippen LogP contribution >= 0.6 is 0 Å². The van der Waals surface area contributed by atoms with Gasteiger partial charge in [0, 0.05) is 30.8 Å². The summed E-state index contributed by atoms with van der Waals surface area (Å²) in [5.41, 5.74) is 0.409. The van der Waals surface area contributed by atoms with Gasteiger partial charge in [0.25, 0.3) is 0 Å². The van der Waals surface area contributed by atoms with Gasteiger partial charge in [-0.25, -0.2) is 9.18 Å². The highest BCUT2D eigenvalue weighted by atomic mass is 19.1. The summed E-state index contributed by atoms with van der Waals surface area (Å²) >= 11 is 0. The van der Waals surface area contributed by atoms with Gasteiger partial charge < -0.3 is 29.0 Å². The molecule has 0 bridgehead atoms. The van der Waals surface area contributed by atoms with E-state index >= 15 is 0 Å². The highest BCUT2D eigenvalue weighted by Gasteiger charge is 2.48. The SMILES string of the molecule is COC(=O)N1CC(c2ccc(OC)c(OCCCOc3ccc(F)cc3)c2)C(C)(C(C)O)C1. The lowest BCUT2D eigenvalue weighted by atomic mass is 9.72. The van der Waals surface area contributed by atoms with Crippen molar-refractivity contribution >= 4 is 6.09 Å². The maximum atomic E-state index is 13.0. The average Bonchev–Trinajstić information content (AvgIpc) is 3.18. The second-order valence-corrected chi connectivity index (χ2v) is 8.50. The van der Waals surface area contributed by atoms with Gasteiger partial charge in [0.15, 0.2) is 11.5 Å². The van der Waals surface area contributed by atoms with Crippen LogP contribution in [0.5, 0.6) is 17.2 Å². The Labute approximate surface area is 194 Å². The van der Waals surface area contributed by atoms with Crippen LogP contribution < -0.4 is 14.2 Å². The Bertz CT molecular complexity index is 935. The smallest absolute Gasteiger partial charge is 0.409 e. The van der Waals surface area contributed by atoms with Crippen molar-refractivity contribution in [3.05, 3.63) is 53.8 Å². The molecule has 3 atom stereocenters. The Kier molecular flexibility index (Phi) is 8.02. The van der Waals surface area contributed by atoms with Crippen molar-refractivity contribution < 1.29 is 33.2 Å². The Morgan fingerprint density at radius 1 is 1.15 bits per heavy atom. The number of ether oxygens (including phenoxy) is 4. The minimum absolute atomic E-state index is 0.105. The van der Waals surface area contributed by atoms with E-state index in [1.54, 1.807) is 31.1 Å². The van der Waals surface area contributed by atoms with E-state index in [1.165, 1.54) is 19.2 Å². The molecule has 3 rings (SSSR count). The fourth-order valence-electron chi connectivity index (χ4n) is 4.18. The van der Waals surface area contributed by atoms with Crippen molar-refractivity contribution in [2.75, 3.05) is 40.5 Å². The van der Waals surface area contributed by atoms with E-state index in [2.05, 4.69) is 0 Å². The number of aliphatic hydroxyl groups is 1. The summed E-state index contributed by atoms with van der Waals surface area (Å²) < 4.78 is 34.9. The Hall–Kier alpha value is -3.00. The predicted molar refractivity (Wildman–Crippen MR) is 122 cm³/mol. The van der Waals surface area contributed by atoms with Gasteiger partial charge in [0.05, 0.1) is 33.5 Å². The summed E-state index contributed by atoms with van der Waals surface area (Å²) in [7, 11) is 2.93. The summed E-state index contributed by atoms with van der Waals surface area (Å²) in [4.78, 5) is 13.8. The molecule has 0 radical (unpaired) electrons. The summed E-state index contributed by atoms with van der Waals surface area (Å²) in [6.45, 7) is 5.37. The van der Waals surface area contributed by atoms with Crippen LogP contribution in [0.2, 0.25) is 0 Å². The number of rotatable bonds is 9. The van der Waals surface area contributed by atoms with E-state index in [4.69, 9.17) is 18.9 Å². The lowest BCUT2D eigenvalue weighted by molar-refractivity contribution is 0.0470. The number of halogens is 1. The van der Waals surface area contributed by atoms with Crippen LogP contribution in [0.3, 0.4) is 0 Å². The molecule has 1 saturated heterocycles. The molecule has 2 aromatic rings. The second kappa shape index (κ2) is 10.7. The van der Waals surface area contributed by atoms with E-state index in [9.17, 15) is 14.3 Å². The molecule has 3 unspecified atom stereocenters. The summed E-state index contributed by atoms with van der Waals surface area (Å²) in [5, 5.41) is 10.5. The largest absolute Gasteiger partial charge is 0.493 e. The lowest BCUT2D eigenvalue weighted by Gasteiger charge is -2.33. The minimum Gasteiger partial charge on any atom is -0.493 e. The van der Waals surface area contributed by atoms with Crippen LogP contribution in [0.25, 0.3) is 0 Å². The molecule has 0 aliphatic carbocycles. The number of hydrogen-bond acceptors (Lipinski definition) is 6. The van der Waals surface area contributed by atoms with Gasteiger partial charge in [0.1, 0.15) is 11.6 Å². The van der Waals surface area contributed by atoms with Crippen molar-refractivity contribution in [1.82, 2.24) is 4.90 Å². The highest BCUT2D eigenvalue weighted by molar-refractivity contribution is 5.68. The number of methoxy groups -OCH3 is 2. The summed E-state index contributed by atoms with van der Waals surface area (Å²) in [6, 6.07) is 11.6. The van der Waals surface area contributed by atoms with Crippen LogP contribution in [0.1, 0.15) is 31.7 Å². The van der Waals surface area contributed by atoms with Crippen molar-refractivity contribution in [2.24, 2.45) is 5.41 Å². The van der Waals surface area contributed by atoms with Crippen LogP contribution in [0, 0.1) is 11.2 Å². The molecule has 7 nitrogen and oxygen atoms in total. The first-order valence-corrected chi connectivity index (χ1v) is 11.0. The number of hydrogen-bond donors (Lipinski definition) is 1. The Morgan fingerprint density at radius 2 is 1.85 bits per heavy atom. The number of likely N-dealkylation sites (tertiary alicyclic amines) is 1. The molecule has 33 heavy (non-hydrogen) atoms. The lowest BCUT2D eigenvalue weighted by Crippen LogP contribution is -2.38. The first-order valence-electron chi connectivity index (χ1n) is 11.0. The van der Waals surface area contributed by atoms with Gasteiger partial charge in [-0.15, -0.1) is 0 Å². The van der Waals surface area contributed by atoms with Gasteiger partial charge in [-0.1, -0.05) is 13.0 Å². The number of aliphatic hydroxyl groups excluding tert-OH is 1. The van der Waals surface area contributed by atoms with Gasteiger partial charge >= 0.3 is 6.09 Å². The molecule has 8 heteroatoms. The second-order valence-electron chi connectivity index (χ2n) is 8.50. The fraction of sp³-hybridized carbons (Fsp3) is 0.480. The van der Waals surface area contributed by atoms with Crippen LogP contribution in [-0.2, 0) is 4.74 Å². The summed E-state index contributed by atoms with van der Waals surface area (Å²) in [6.07, 6.45) is -0.418. The van der Waals surface area contributed by atoms with Crippen molar-refractivity contribution in [1.29, 1.82) is 0 Å². The van der Waals surface area contributed by atoms with Crippen molar-refractivity contribution in [3.63, 3.8) is 0 Å². The van der Waals surface area contributed by atoms with Crippen LogP contribution in [0.15, 0.2) is 42.5 Å². The molecule has 0 aromatic heterocycles. The molecule has 180 valence electrons. The standard InChI is InChI=1S/C25H32FNO6/c1-17(28)25(2)16-27(24(29)31-4)15-21(25)18-6-11-22(30-3)23(14-18)33-13-5-12-32-20-9-7-19(26)8-10-20/h6-11,14,17,21,28H,5,12-13,15-16H2,1-4H3. The highest BCUT2D eigenvalue weighted by Crippen LogP contribution is 2.47. The van der Waals surface area contributed by atoms with Gasteiger partial charge in [-0.05, 0) is 48.9 Å². The predicted octanol–water partition coefficient (Wildman–Crippen LogP) is 4.23. The normalized spacial score (nSPS) is 20.9. The molecule has 1 aliphatic rings. The zero-order valence-corrected chi connectivity index (χ0v) is 19.5. The third-order valence-electron chi connectivity index (χ3n) is 6.34. The average molecular weight is 462 g/mol. The number of amides is 1. The molecular weight excluding hydrogens is 429 g/mol. The number of benzene rings is 2. The quantitative estimate of drug-likeness (QED) is 0.563. The molecule has 2 aromatic carbocycles. The van der Waals surface area contributed by atoms with E-state index in [1.807, 2.05) is 25.1 Å². The molecule has 1 N–H and O–H groups in total. The molecule has 1 amide bonds. The molecule has 0 spiro atoms. The number of carbonyl (C=O) groups excluding carboxylic acids is 1. The Balaban J connectivity index is 1.67. The minimum atomic E-state index is -0.632. The molecule has 0 saturated carbocycles. The van der Waals surface area contributed by atoms with Gasteiger partial charge in [-0.3, -0.25) is 0 Å². The molecule has 1 heterocycles. The summed E-state index contributed by atoms with van der Waals surface area (Å²) in [5.74, 6) is 1.37. The third kappa shape index (κ3) is 5.68. The molecule has 1 fully saturated rings. The fourth-order valence-corrected chi connectivity index (χ4v) is 4.18. The maximum absolute atomic E-state index is 13.0. The molecular formula is C25H32FNO6. The van der Waals surface area contributed by atoms with Crippen LogP contribution in [0.4, 0.5) is 9.18 Å². The van der Waals surface area contributed by atoms with Gasteiger partial charge in [0.2, 0.25) is 0 Å². The third-order valence-corrected chi connectivity index (χ3v) is 6.34.